The molecule has 0 spiro atoms. The van der Waals surface area contributed by atoms with Gasteiger partial charge < -0.3 is 15.7 Å². The lowest BCUT2D eigenvalue weighted by Crippen LogP contribution is -2.43. The number of hydrogen-bond donors (Lipinski definition) is 2. The van der Waals surface area contributed by atoms with Crippen LogP contribution >= 0.6 is 22.6 Å². The Balaban J connectivity index is 2.31. The van der Waals surface area contributed by atoms with Gasteiger partial charge in [-0.15, -0.1) is 0 Å². The molecule has 3 N–H and O–H groups in total. The smallest absolute Gasteiger partial charge is 0.258 e. The monoisotopic (exact) mass is 360 g/mol. The third-order valence-corrected chi connectivity index (χ3v) is 3.70. The molecule has 1 aliphatic heterocycles. The molecule has 1 unspecified atom stereocenters. The first-order chi connectivity index (χ1) is 8.50. The van der Waals surface area contributed by atoms with Gasteiger partial charge in [-0.2, -0.15) is 0 Å². The molecule has 0 aromatic heterocycles. The van der Waals surface area contributed by atoms with Crippen LogP contribution in [0.5, 0.6) is 5.75 Å². The molecule has 1 aromatic carbocycles. The molecule has 1 heterocycles. The number of hydrogen-bond acceptors (Lipinski definition) is 3. The van der Waals surface area contributed by atoms with Gasteiger partial charge in [-0.3, -0.25) is 9.59 Å². The van der Waals surface area contributed by atoms with Gasteiger partial charge in [-0.1, -0.05) is 0 Å². The average Bonchev–Trinajstić information content (AvgIpc) is 2.80. The van der Waals surface area contributed by atoms with Crippen molar-refractivity contribution in [3.05, 3.63) is 27.3 Å². The van der Waals surface area contributed by atoms with Crippen LogP contribution in [0.3, 0.4) is 0 Å². The number of phenolic OH excluding ortho intramolecular Hbond substituents is 1. The molecule has 1 saturated heterocycles. The van der Waals surface area contributed by atoms with Crippen molar-refractivity contribution in [3.8, 4) is 5.75 Å². The van der Waals surface area contributed by atoms with E-state index in [0.717, 1.165) is 9.99 Å². The summed E-state index contributed by atoms with van der Waals surface area (Å²) in [4.78, 5) is 25.0. The zero-order valence-corrected chi connectivity index (χ0v) is 11.8. The maximum absolute atomic E-state index is 12.3. The average molecular weight is 360 g/mol. The third kappa shape index (κ3) is 2.43. The second-order valence-corrected chi connectivity index (χ2v) is 5.47. The molecule has 6 heteroatoms. The number of halogens is 1. The second-order valence-electron chi connectivity index (χ2n) is 4.22. The topological polar surface area (TPSA) is 83.6 Å². The molecule has 96 valence electrons. The first-order valence-electron chi connectivity index (χ1n) is 5.59. The number of phenols is 1. The normalized spacial score (nSPS) is 18.9. The van der Waals surface area contributed by atoms with E-state index in [1.807, 2.05) is 0 Å². The summed E-state index contributed by atoms with van der Waals surface area (Å²) >= 11 is 2.06. The van der Waals surface area contributed by atoms with Gasteiger partial charge in [0.1, 0.15) is 11.8 Å². The number of primary amides is 1. The maximum atomic E-state index is 12.3. The van der Waals surface area contributed by atoms with Gasteiger partial charge in [-0.25, -0.2) is 0 Å². The molecule has 0 aliphatic carbocycles. The standard InChI is InChI=1S/C12H13IN2O3/c13-7-3-4-10(16)8(6-7)12(18)15-5-1-2-9(15)11(14)17/h3-4,6,9,16H,1-2,5H2,(H2,14,17). The van der Waals surface area contributed by atoms with E-state index < -0.39 is 11.9 Å². The van der Waals surface area contributed by atoms with E-state index in [1.165, 1.54) is 11.0 Å². The number of carbonyl (C=O) groups is 2. The van der Waals surface area contributed by atoms with Gasteiger partial charge in [0.2, 0.25) is 5.91 Å². The van der Waals surface area contributed by atoms with Crippen LogP contribution in [0.25, 0.3) is 0 Å². The molecule has 18 heavy (non-hydrogen) atoms. The summed E-state index contributed by atoms with van der Waals surface area (Å²) < 4.78 is 0.851. The summed E-state index contributed by atoms with van der Waals surface area (Å²) in [6.07, 6.45) is 1.34. The minimum Gasteiger partial charge on any atom is -0.507 e. The Labute approximate surface area is 118 Å². The van der Waals surface area contributed by atoms with Crippen LogP contribution in [0.15, 0.2) is 18.2 Å². The van der Waals surface area contributed by atoms with Crippen molar-refractivity contribution in [1.82, 2.24) is 4.90 Å². The van der Waals surface area contributed by atoms with Crippen LogP contribution < -0.4 is 5.73 Å². The quantitative estimate of drug-likeness (QED) is 0.775. The van der Waals surface area contributed by atoms with Crippen LogP contribution in [-0.4, -0.2) is 34.4 Å². The molecular weight excluding hydrogens is 347 g/mol. The number of rotatable bonds is 2. The van der Waals surface area contributed by atoms with E-state index in [1.54, 1.807) is 12.1 Å². The van der Waals surface area contributed by atoms with Crippen LogP contribution in [0, 0.1) is 3.57 Å². The fourth-order valence-corrected chi connectivity index (χ4v) is 2.63. The second kappa shape index (κ2) is 5.13. The molecule has 0 saturated carbocycles. The SMILES string of the molecule is NC(=O)C1CCCN1C(=O)c1cc(I)ccc1O. The molecule has 2 rings (SSSR count). The van der Waals surface area contributed by atoms with Gasteiger partial charge in [0.05, 0.1) is 5.56 Å². The van der Waals surface area contributed by atoms with E-state index in [-0.39, 0.29) is 17.2 Å². The number of likely N-dealkylation sites (tertiary alicyclic amines) is 1. The van der Waals surface area contributed by atoms with E-state index in [4.69, 9.17) is 5.73 Å². The third-order valence-electron chi connectivity index (χ3n) is 3.03. The molecule has 1 atom stereocenters. The molecular formula is C12H13IN2O3. The van der Waals surface area contributed by atoms with Crippen molar-refractivity contribution in [2.75, 3.05) is 6.54 Å². The van der Waals surface area contributed by atoms with Gasteiger partial charge >= 0.3 is 0 Å². The highest BCUT2D eigenvalue weighted by molar-refractivity contribution is 14.1. The largest absolute Gasteiger partial charge is 0.507 e. The summed E-state index contributed by atoms with van der Waals surface area (Å²) in [6.45, 7) is 0.497. The minimum atomic E-state index is -0.560. The lowest BCUT2D eigenvalue weighted by Gasteiger charge is -2.22. The maximum Gasteiger partial charge on any atom is 0.258 e. The molecule has 0 radical (unpaired) electrons. The number of nitrogens with zero attached hydrogens (tertiary/aromatic N) is 1. The fourth-order valence-electron chi connectivity index (χ4n) is 2.14. The lowest BCUT2D eigenvalue weighted by atomic mass is 10.1. The molecule has 0 bridgehead atoms. The summed E-state index contributed by atoms with van der Waals surface area (Å²) in [5, 5.41) is 9.72. The zero-order chi connectivity index (χ0) is 13.3. The van der Waals surface area contributed by atoms with Crippen LogP contribution in [0.4, 0.5) is 0 Å². The Kier molecular flexibility index (Phi) is 3.74. The van der Waals surface area contributed by atoms with Crippen molar-refractivity contribution in [1.29, 1.82) is 0 Å². The van der Waals surface area contributed by atoms with Crippen molar-refractivity contribution in [3.63, 3.8) is 0 Å². The Morgan fingerprint density at radius 2 is 2.17 bits per heavy atom. The van der Waals surface area contributed by atoms with E-state index in [0.29, 0.717) is 13.0 Å². The Hall–Kier alpha value is -1.31. The summed E-state index contributed by atoms with van der Waals surface area (Å²) in [7, 11) is 0. The number of aromatic hydroxyl groups is 1. The van der Waals surface area contributed by atoms with E-state index >= 15 is 0 Å². The minimum absolute atomic E-state index is 0.0736. The number of amides is 2. The summed E-state index contributed by atoms with van der Waals surface area (Å²) in [6, 6.07) is 4.23. The molecule has 1 fully saturated rings. The molecule has 1 aromatic rings. The number of nitrogens with two attached hydrogens (primary N) is 1. The fraction of sp³-hybridized carbons (Fsp3) is 0.333. The Morgan fingerprint density at radius 1 is 1.44 bits per heavy atom. The highest BCUT2D eigenvalue weighted by Gasteiger charge is 2.34. The number of carbonyl (C=O) groups excluding carboxylic acids is 2. The van der Waals surface area contributed by atoms with Crippen molar-refractivity contribution < 1.29 is 14.7 Å². The van der Waals surface area contributed by atoms with Crippen molar-refractivity contribution in [2.24, 2.45) is 5.73 Å². The highest BCUT2D eigenvalue weighted by Crippen LogP contribution is 2.25. The van der Waals surface area contributed by atoms with Crippen LogP contribution in [0.1, 0.15) is 23.2 Å². The zero-order valence-electron chi connectivity index (χ0n) is 9.60. The van der Waals surface area contributed by atoms with Gasteiger partial charge in [0.15, 0.2) is 0 Å². The number of benzene rings is 1. The van der Waals surface area contributed by atoms with E-state index in [9.17, 15) is 14.7 Å². The predicted octanol–water partition coefficient (Wildman–Crippen LogP) is 1.09. The first-order valence-corrected chi connectivity index (χ1v) is 6.67. The highest BCUT2D eigenvalue weighted by atomic mass is 127. The van der Waals surface area contributed by atoms with Crippen LogP contribution in [0.2, 0.25) is 0 Å². The van der Waals surface area contributed by atoms with Crippen molar-refractivity contribution in [2.45, 2.75) is 18.9 Å². The van der Waals surface area contributed by atoms with Gasteiger partial charge in [0.25, 0.3) is 5.91 Å². The summed E-state index contributed by atoms with van der Waals surface area (Å²) in [5.74, 6) is -0.908. The molecule has 1 aliphatic rings. The van der Waals surface area contributed by atoms with Crippen molar-refractivity contribution >= 4 is 34.4 Å². The summed E-state index contributed by atoms with van der Waals surface area (Å²) in [5.41, 5.74) is 5.49. The Bertz CT molecular complexity index is 504. The lowest BCUT2D eigenvalue weighted by molar-refractivity contribution is -0.121. The predicted molar refractivity (Wildman–Crippen MR) is 74.1 cm³/mol. The van der Waals surface area contributed by atoms with Gasteiger partial charge in [-0.05, 0) is 53.6 Å². The van der Waals surface area contributed by atoms with Gasteiger partial charge in [0, 0.05) is 10.1 Å². The molecule has 5 nitrogen and oxygen atoms in total. The molecule has 2 amide bonds. The van der Waals surface area contributed by atoms with Crippen LogP contribution in [-0.2, 0) is 4.79 Å². The Morgan fingerprint density at radius 3 is 2.83 bits per heavy atom. The first kappa shape index (κ1) is 13.1. The van der Waals surface area contributed by atoms with E-state index in [2.05, 4.69) is 22.6 Å².